The second kappa shape index (κ2) is 6.94. The molecule has 0 aliphatic carbocycles. The van der Waals surface area contributed by atoms with E-state index in [1.54, 1.807) is 30.3 Å². The predicted octanol–water partition coefficient (Wildman–Crippen LogP) is 2.82. The third kappa shape index (κ3) is 3.85. The van der Waals surface area contributed by atoms with Crippen LogP contribution in [-0.4, -0.2) is 26.3 Å². The van der Waals surface area contributed by atoms with Crippen molar-refractivity contribution in [3.63, 3.8) is 0 Å². The lowest BCUT2D eigenvalue weighted by Gasteiger charge is -2.08. The highest BCUT2D eigenvalue weighted by atomic mass is 79.9. The maximum Gasteiger partial charge on any atom is 0.271 e. The molecule has 0 aliphatic rings. The summed E-state index contributed by atoms with van der Waals surface area (Å²) in [6, 6.07) is 8.30. The largest absolute Gasteiger partial charge is 0.493 e. The number of hydrazone groups is 1. The molecule has 6 nitrogen and oxygen atoms in total. The average molecular weight is 353 g/mol. The zero-order chi connectivity index (χ0) is 15.2. The highest BCUT2D eigenvalue weighted by Gasteiger charge is 2.09. The molecule has 2 aromatic rings. The van der Waals surface area contributed by atoms with Gasteiger partial charge in [-0.2, -0.15) is 5.10 Å². The molecule has 1 aromatic heterocycles. The molecule has 0 spiro atoms. The van der Waals surface area contributed by atoms with Gasteiger partial charge in [-0.1, -0.05) is 0 Å². The van der Waals surface area contributed by atoms with Gasteiger partial charge >= 0.3 is 0 Å². The highest BCUT2D eigenvalue weighted by Crippen LogP contribution is 2.27. The van der Waals surface area contributed by atoms with Gasteiger partial charge in [-0.3, -0.25) is 4.79 Å². The number of hydrogen-bond donors (Lipinski definition) is 1. The molecular weight excluding hydrogens is 340 g/mol. The Morgan fingerprint density at radius 3 is 2.62 bits per heavy atom. The second-order valence-electron chi connectivity index (χ2n) is 3.91. The maximum absolute atomic E-state index is 11.9. The van der Waals surface area contributed by atoms with Crippen molar-refractivity contribution < 1.29 is 18.7 Å². The fourth-order valence-electron chi connectivity index (χ4n) is 1.59. The lowest BCUT2D eigenvalue weighted by atomic mass is 10.2. The Bertz CT molecular complexity index is 667. The minimum Gasteiger partial charge on any atom is -0.493 e. The van der Waals surface area contributed by atoms with Gasteiger partial charge in [0.1, 0.15) is 5.76 Å². The average Bonchev–Trinajstić information content (AvgIpc) is 2.91. The Morgan fingerprint density at radius 2 is 2.00 bits per heavy atom. The van der Waals surface area contributed by atoms with Crippen molar-refractivity contribution >= 4 is 28.1 Å². The van der Waals surface area contributed by atoms with E-state index in [-0.39, 0.29) is 5.91 Å². The number of carbonyl (C=O) groups excluding carboxylic acids is 1. The number of rotatable bonds is 5. The summed E-state index contributed by atoms with van der Waals surface area (Å²) in [4.78, 5) is 11.9. The quantitative estimate of drug-likeness (QED) is 0.663. The van der Waals surface area contributed by atoms with Crippen LogP contribution in [0, 0.1) is 0 Å². The Kier molecular flexibility index (Phi) is 4.99. The number of benzene rings is 1. The molecule has 1 N–H and O–H groups in total. The van der Waals surface area contributed by atoms with Crippen molar-refractivity contribution in [2.24, 2.45) is 5.10 Å². The molecule has 0 aliphatic heterocycles. The molecule has 1 amide bonds. The van der Waals surface area contributed by atoms with Gasteiger partial charge in [0.15, 0.2) is 16.2 Å². The van der Waals surface area contributed by atoms with Gasteiger partial charge in [0.05, 0.1) is 20.4 Å². The molecule has 110 valence electrons. The van der Waals surface area contributed by atoms with E-state index in [1.807, 2.05) is 0 Å². The first-order chi connectivity index (χ1) is 10.1. The number of amides is 1. The molecule has 21 heavy (non-hydrogen) atoms. The molecule has 1 aromatic carbocycles. The summed E-state index contributed by atoms with van der Waals surface area (Å²) in [6.07, 6.45) is 1.41. The van der Waals surface area contributed by atoms with Gasteiger partial charge in [0.2, 0.25) is 0 Å². The van der Waals surface area contributed by atoms with Gasteiger partial charge < -0.3 is 13.9 Å². The summed E-state index contributed by atoms with van der Waals surface area (Å²) in [7, 11) is 3.04. The van der Waals surface area contributed by atoms with E-state index in [2.05, 4.69) is 26.5 Å². The van der Waals surface area contributed by atoms with E-state index in [0.717, 1.165) is 0 Å². The van der Waals surface area contributed by atoms with E-state index in [9.17, 15) is 4.79 Å². The third-order valence-corrected chi connectivity index (χ3v) is 3.02. The Hall–Kier alpha value is -2.28. The minimum absolute atomic E-state index is 0.363. The fraction of sp³-hybridized carbons (Fsp3) is 0.143. The lowest BCUT2D eigenvalue weighted by Crippen LogP contribution is -2.17. The van der Waals surface area contributed by atoms with Crippen LogP contribution >= 0.6 is 15.9 Å². The monoisotopic (exact) mass is 352 g/mol. The first-order valence-corrected chi connectivity index (χ1v) is 6.74. The SMILES string of the molecule is COc1ccc(C(=O)N/N=C\c2ccc(Br)o2)cc1OC. The molecule has 1 heterocycles. The summed E-state index contributed by atoms with van der Waals surface area (Å²) in [5, 5.41) is 3.82. The molecule has 0 radical (unpaired) electrons. The van der Waals surface area contributed by atoms with Crippen LogP contribution in [0.1, 0.15) is 16.1 Å². The van der Waals surface area contributed by atoms with Crippen LogP contribution < -0.4 is 14.9 Å². The molecular formula is C14H13BrN2O4. The van der Waals surface area contributed by atoms with Crippen molar-refractivity contribution in [3.8, 4) is 11.5 Å². The molecule has 0 fully saturated rings. The van der Waals surface area contributed by atoms with E-state index >= 15 is 0 Å². The van der Waals surface area contributed by atoms with Crippen LogP contribution in [0.15, 0.2) is 44.5 Å². The summed E-state index contributed by atoms with van der Waals surface area (Å²) < 4.78 is 16.1. The van der Waals surface area contributed by atoms with Gasteiger partial charge in [-0.05, 0) is 46.3 Å². The van der Waals surface area contributed by atoms with E-state index in [4.69, 9.17) is 13.9 Å². The zero-order valence-electron chi connectivity index (χ0n) is 11.4. The molecule has 0 atom stereocenters. The number of furan rings is 1. The van der Waals surface area contributed by atoms with Crippen molar-refractivity contribution in [1.29, 1.82) is 0 Å². The lowest BCUT2D eigenvalue weighted by molar-refractivity contribution is 0.0954. The number of carbonyl (C=O) groups is 1. The molecule has 0 saturated carbocycles. The molecule has 0 bridgehead atoms. The van der Waals surface area contributed by atoms with Gasteiger partial charge in [0.25, 0.3) is 5.91 Å². The van der Waals surface area contributed by atoms with E-state index < -0.39 is 0 Å². The van der Waals surface area contributed by atoms with Crippen LogP contribution in [0.3, 0.4) is 0 Å². The van der Waals surface area contributed by atoms with Crippen molar-refractivity contribution in [3.05, 3.63) is 46.3 Å². The summed E-state index contributed by atoms with van der Waals surface area (Å²) in [5.74, 6) is 1.19. The normalized spacial score (nSPS) is 10.6. The maximum atomic E-state index is 11.9. The summed E-state index contributed by atoms with van der Waals surface area (Å²) >= 11 is 3.18. The molecule has 0 saturated heterocycles. The Morgan fingerprint density at radius 1 is 1.24 bits per heavy atom. The molecule has 7 heteroatoms. The first-order valence-electron chi connectivity index (χ1n) is 5.95. The van der Waals surface area contributed by atoms with Crippen LogP contribution in [0.4, 0.5) is 0 Å². The standard InChI is InChI=1S/C14H13BrN2O4/c1-19-11-5-3-9(7-12(11)20-2)14(18)17-16-8-10-4-6-13(15)21-10/h3-8H,1-2H3,(H,17,18)/b16-8-. The number of ether oxygens (including phenoxy) is 2. The summed E-state index contributed by atoms with van der Waals surface area (Å²) in [6.45, 7) is 0. The number of hydrogen-bond acceptors (Lipinski definition) is 5. The number of nitrogens with zero attached hydrogens (tertiary/aromatic N) is 1. The molecule has 0 unspecified atom stereocenters. The number of halogens is 1. The third-order valence-electron chi connectivity index (χ3n) is 2.60. The number of nitrogens with one attached hydrogen (secondary N) is 1. The minimum atomic E-state index is -0.363. The van der Waals surface area contributed by atoms with Crippen LogP contribution in [0.2, 0.25) is 0 Å². The Labute approximate surface area is 129 Å². The fourth-order valence-corrected chi connectivity index (χ4v) is 1.91. The zero-order valence-corrected chi connectivity index (χ0v) is 13.0. The van der Waals surface area contributed by atoms with E-state index in [0.29, 0.717) is 27.5 Å². The highest BCUT2D eigenvalue weighted by molar-refractivity contribution is 9.10. The predicted molar refractivity (Wildman–Crippen MR) is 81.0 cm³/mol. The van der Waals surface area contributed by atoms with Crippen LogP contribution in [-0.2, 0) is 0 Å². The smallest absolute Gasteiger partial charge is 0.271 e. The molecule has 2 rings (SSSR count). The second-order valence-corrected chi connectivity index (χ2v) is 4.69. The van der Waals surface area contributed by atoms with Crippen LogP contribution in [0.25, 0.3) is 0 Å². The van der Waals surface area contributed by atoms with Crippen LogP contribution in [0.5, 0.6) is 11.5 Å². The van der Waals surface area contributed by atoms with E-state index in [1.165, 1.54) is 20.4 Å². The number of methoxy groups -OCH3 is 2. The van der Waals surface area contributed by atoms with Gasteiger partial charge in [-0.25, -0.2) is 5.43 Å². The summed E-state index contributed by atoms with van der Waals surface area (Å²) in [5.41, 5.74) is 2.81. The van der Waals surface area contributed by atoms with Gasteiger partial charge in [0, 0.05) is 5.56 Å². The Balaban J connectivity index is 2.05. The van der Waals surface area contributed by atoms with Crippen molar-refractivity contribution in [2.45, 2.75) is 0 Å². The first kappa shape index (κ1) is 15.1. The van der Waals surface area contributed by atoms with Crippen molar-refractivity contribution in [1.82, 2.24) is 5.43 Å². The van der Waals surface area contributed by atoms with Crippen molar-refractivity contribution in [2.75, 3.05) is 14.2 Å². The van der Waals surface area contributed by atoms with Gasteiger partial charge in [-0.15, -0.1) is 0 Å². The topological polar surface area (TPSA) is 73.1 Å².